The first-order chi connectivity index (χ1) is 16.2. The number of aryl methyl sites for hydroxylation is 2. The van der Waals surface area contributed by atoms with Crippen LogP contribution in [0.1, 0.15) is 54.7 Å². The Balaban J connectivity index is 1.80. The lowest BCUT2D eigenvalue weighted by atomic mass is 9.83. The van der Waals surface area contributed by atoms with Crippen molar-refractivity contribution in [1.29, 1.82) is 5.26 Å². The molecule has 0 N–H and O–H groups in total. The van der Waals surface area contributed by atoms with Gasteiger partial charge in [0.2, 0.25) is 5.52 Å². The molecule has 1 fully saturated rings. The number of pyridine rings is 2. The van der Waals surface area contributed by atoms with Crippen molar-refractivity contribution in [3.8, 4) is 6.07 Å². The molecule has 0 aliphatic heterocycles. The van der Waals surface area contributed by atoms with Crippen LogP contribution in [0, 0.1) is 18.3 Å². The number of para-hydroxylation sites is 1. The van der Waals surface area contributed by atoms with Crippen molar-refractivity contribution in [2.75, 3.05) is 0 Å². The fourth-order valence-electron chi connectivity index (χ4n) is 6.59. The Labute approximate surface area is 192 Å². The SMILES string of the molecule is Cc1cc(C#N)c2c3ccccc3n3c4cc(C5CCCCC5)cc5cc[n+](C)c(c1c23)c54. The highest BCUT2D eigenvalue weighted by Gasteiger charge is 2.27. The zero-order valence-electron chi connectivity index (χ0n) is 19.2. The van der Waals surface area contributed by atoms with Gasteiger partial charge in [-0.15, -0.1) is 0 Å². The topological polar surface area (TPSA) is 32.1 Å². The summed E-state index contributed by atoms with van der Waals surface area (Å²) in [6.45, 7) is 2.15. The van der Waals surface area contributed by atoms with Crippen molar-refractivity contribution in [3.05, 3.63) is 71.4 Å². The lowest BCUT2D eigenvalue weighted by molar-refractivity contribution is -0.643. The van der Waals surface area contributed by atoms with Crippen molar-refractivity contribution in [2.45, 2.75) is 44.9 Å². The molecule has 3 heterocycles. The van der Waals surface area contributed by atoms with Gasteiger partial charge in [0.25, 0.3) is 0 Å². The van der Waals surface area contributed by atoms with Gasteiger partial charge in [-0.3, -0.25) is 0 Å². The summed E-state index contributed by atoms with van der Waals surface area (Å²) < 4.78 is 4.72. The maximum Gasteiger partial charge on any atom is 0.224 e. The van der Waals surface area contributed by atoms with E-state index < -0.39 is 0 Å². The van der Waals surface area contributed by atoms with E-state index in [0.717, 1.165) is 21.9 Å². The Kier molecular flexibility index (Phi) is 3.82. The highest BCUT2D eigenvalue weighted by atomic mass is 15.0. The van der Waals surface area contributed by atoms with E-state index in [1.54, 1.807) is 0 Å². The van der Waals surface area contributed by atoms with Crippen LogP contribution in [-0.4, -0.2) is 4.40 Å². The Hall–Kier alpha value is -3.64. The smallest absolute Gasteiger partial charge is 0.224 e. The molecule has 0 spiro atoms. The summed E-state index contributed by atoms with van der Waals surface area (Å²) in [5.41, 5.74) is 8.31. The van der Waals surface area contributed by atoms with E-state index in [9.17, 15) is 5.26 Å². The highest BCUT2D eigenvalue weighted by Crippen LogP contribution is 2.43. The standard InChI is InChI=1S/C30H26N3/c1-18-14-22(17-31)27-23-10-6-7-11-24(23)33-25-16-21(19-8-4-3-5-9-19)15-20-12-13-32(2)29(28(20)25)26(18)30(27)33/h6-7,10-16,19H,3-5,8-9H2,1-2H3/q+1. The molecule has 0 amide bonds. The van der Waals surface area contributed by atoms with Gasteiger partial charge in [0.05, 0.1) is 39.0 Å². The predicted octanol–water partition coefficient (Wildman–Crippen LogP) is 7.04. The third-order valence-electron chi connectivity index (χ3n) is 8.05. The fourth-order valence-corrected chi connectivity index (χ4v) is 6.59. The first-order valence-electron chi connectivity index (χ1n) is 12.1. The third kappa shape index (κ3) is 2.41. The van der Waals surface area contributed by atoms with Crippen molar-refractivity contribution in [2.24, 2.45) is 7.05 Å². The second-order valence-electron chi connectivity index (χ2n) is 9.92. The Morgan fingerprint density at radius 1 is 0.939 bits per heavy atom. The molecule has 1 aliphatic carbocycles. The molecule has 3 nitrogen and oxygen atoms in total. The van der Waals surface area contributed by atoms with Crippen LogP contribution in [0.5, 0.6) is 0 Å². The monoisotopic (exact) mass is 428 g/mol. The number of nitriles is 1. The number of nitrogens with zero attached hydrogens (tertiary/aromatic N) is 3. The molecule has 160 valence electrons. The largest absolute Gasteiger partial charge is 0.307 e. The third-order valence-corrected chi connectivity index (χ3v) is 8.05. The Bertz CT molecular complexity index is 1770. The van der Waals surface area contributed by atoms with Gasteiger partial charge < -0.3 is 4.40 Å². The van der Waals surface area contributed by atoms with Crippen LogP contribution in [-0.2, 0) is 7.05 Å². The van der Waals surface area contributed by atoms with Crippen LogP contribution in [0.25, 0.3) is 49.0 Å². The molecule has 3 aromatic heterocycles. The van der Waals surface area contributed by atoms with Gasteiger partial charge in [-0.05, 0) is 60.4 Å². The minimum absolute atomic E-state index is 0.641. The van der Waals surface area contributed by atoms with Gasteiger partial charge in [0.1, 0.15) is 7.05 Å². The van der Waals surface area contributed by atoms with Crippen molar-refractivity contribution < 1.29 is 4.57 Å². The van der Waals surface area contributed by atoms with E-state index >= 15 is 0 Å². The molecule has 0 atom stereocenters. The quantitative estimate of drug-likeness (QED) is 0.157. The number of hydrogen-bond acceptors (Lipinski definition) is 1. The second kappa shape index (κ2) is 6.68. The zero-order chi connectivity index (χ0) is 22.3. The molecule has 7 rings (SSSR count). The fraction of sp³-hybridized carbons (Fsp3) is 0.267. The predicted molar refractivity (Wildman–Crippen MR) is 135 cm³/mol. The summed E-state index contributed by atoms with van der Waals surface area (Å²) >= 11 is 0. The van der Waals surface area contributed by atoms with Crippen LogP contribution in [0.15, 0.2) is 54.7 Å². The summed E-state index contributed by atoms with van der Waals surface area (Å²) in [5, 5.41) is 16.2. The molecular weight excluding hydrogens is 402 g/mol. The average molecular weight is 429 g/mol. The van der Waals surface area contributed by atoms with E-state index in [1.807, 2.05) is 0 Å². The maximum atomic E-state index is 10.1. The molecule has 3 aromatic carbocycles. The summed E-state index contributed by atoms with van der Waals surface area (Å²) in [7, 11) is 2.15. The molecule has 3 heteroatoms. The Morgan fingerprint density at radius 3 is 2.58 bits per heavy atom. The molecular formula is C30H26N3+. The van der Waals surface area contributed by atoms with Crippen LogP contribution in [0.3, 0.4) is 0 Å². The second-order valence-corrected chi connectivity index (χ2v) is 9.92. The number of benzene rings is 3. The highest BCUT2D eigenvalue weighted by molar-refractivity contribution is 6.26. The van der Waals surface area contributed by atoms with E-state index in [4.69, 9.17) is 0 Å². The molecule has 33 heavy (non-hydrogen) atoms. The van der Waals surface area contributed by atoms with Crippen LogP contribution >= 0.6 is 0 Å². The lowest BCUT2D eigenvalue weighted by Gasteiger charge is -2.23. The van der Waals surface area contributed by atoms with Gasteiger partial charge in [0, 0.05) is 16.8 Å². The van der Waals surface area contributed by atoms with Crippen LogP contribution < -0.4 is 4.57 Å². The normalized spacial score (nSPS) is 15.4. The summed E-state index contributed by atoms with van der Waals surface area (Å²) in [4.78, 5) is 0. The minimum Gasteiger partial charge on any atom is -0.307 e. The lowest BCUT2D eigenvalue weighted by Crippen LogP contribution is -2.29. The number of aromatic nitrogens is 2. The van der Waals surface area contributed by atoms with Crippen LogP contribution in [0.2, 0.25) is 0 Å². The summed E-state index contributed by atoms with van der Waals surface area (Å²) in [5.74, 6) is 0.641. The molecule has 0 radical (unpaired) electrons. The van der Waals surface area contributed by atoms with Gasteiger partial charge in [-0.1, -0.05) is 43.5 Å². The molecule has 1 saturated carbocycles. The number of hydrogen-bond donors (Lipinski definition) is 0. The van der Waals surface area contributed by atoms with E-state index in [0.29, 0.717) is 5.92 Å². The van der Waals surface area contributed by atoms with Crippen molar-refractivity contribution in [3.63, 3.8) is 0 Å². The van der Waals surface area contributed by atoms with Gasteiger partial charge in [0.15, 0.2) is 6.20 Å². The van der Waals surface area contributed by atoms with E-state index in [2.05, 4.69) is 83.7 Å². The first-order valence-corrected chi connectivity index (χ1v) is 12.1. The molecule has 0 saturated heterocycles. The van der Waals surface area contributed by atoms with Crippen molar-refractivity contribution >= 4 is 49.0 Å². The first kappa shape index (κ1) is 18.9. The summed E-state index contributed by atoms with van der Waals surface area (Å²) in [6, 6.07) is 20.4. The van der Waals surface area contributed by atoms with Gasteiger partial charge in [-0.25, -0.2) is 4.57 Å². The minimum atomic E-state index is 0.641. The summed E-state index contributed by atoms with van der Waals surface area (Å²) in [6.07, 6.45) is 8.80. The number of rotatable bonds is 1. The van der Waals surface area contributed by atoms with Gasteiger partial charge >= 0.3 is 0 Å². The van der Waals surface area contributed by atoms with Crippen LogP contribution in [0.4, 0.5) is 0 Å². The van der Waals surface area contributed by atoms with Crippen molar-refractivity contribution in [1.82, 2.24) is 4.40 Å². The number of fused-ring (bicyclic) bond motifs is 5. The molecule has 0 bridgehead atoms. The molecule has 0 unspecified atom stereocenters. The molecule has 6 aromatic rings. The van der Waals surface area contributed by atoms with Gasteiger partial charge in [-0.2, -0.15) is 5.26 Å². The van der Waals surface area contributed by atoms with E-state index in [-0.39, 0.29) is 0 Å². The molecule has 1 aliphatic rings. The average Bonchev–Trinajstić information content (AvgIpc) is 3.20. The van der Waals surface area contributed by atoms with E-state index in [1.165, 1.54) is 75.9 Å². The zero-order valence-corrected chi connectivity index (χ0v) is 19.2. The Morgan fingerprint density at radius 2 is 1.76 bits per heavy atom. The maximum absolute atomic E-state index is 10.1.